The van der Waals surface area contributed by atoms with Crippen molar-refractivity contribution in [3.8, 4) is 5.75 Å². The summed E-state index contributed by atoms with van der Waals surface area (Å²) in [4.78, 5) is 14.1. The summed E-state index contributed by atoms with van der Waals surface area (Å²) < 4.78 is 5.65. The number of rotatable bonds is 5. The van der Waals surface area contributed by atoms with Crippen molar-refractivity contribution >= 4 is 17.3 Å². The van der Waals surface area contributed by atoms with E-state index in [4.69, 9.17) is 4.74 Å². The van der Waals surface area contributed by atoms with Crippen molar-refractivity contribution in [2.24, 2.45) is 0 Å². The minimum Gasteiger partial charge on any atom is -0.484 e. The normalized spacial score (nSPS) is 14.8. The van der Waals surface area contributed by atoms with Gasteiger partial charge in [0.15, 0.2) is 6.61 Å². The van der Waals surface area contributed by atoms with E-state index in [1.54, 1.807) is 0 Å². The van der Waals surface area contributed by atoms with Crippen LogP contribution in [0.25, 0.3) is 0 Å². The van der Waals surface area contributed by atoms with E-state index < -0.39 is 0 Å². The predicted molar refractivity (Wildman–Crippen MR) is 96.7 cm³/mol. The molecule has 1 saturated heterocycles. The number of likely N-dealkylation sites (tertiary alicyclic amines) is 1. The van der Waals surface area contributed by atoms with Crippen LogP contribution >= 0.6 is 0 Å². The molecule has 4 heteroatoms. The molecule has 0 spiro atoms. The number of hydrogen-bond acceptors (Lipinski definition) is 3. The molecular weight excluding hydrogens is 300 g/mol. The third kappa shape index (κ3) is 4.75. The maximum atomic E-state index is 12.2. The topological polar surface area (TPSA) is 41.6 Å². The van der Waals surface area contributed by atoms with Gasteiger partial charge >= 0.3 is 0 Å². The largest absolute Gasteiger partial charge is 0.484 e. The van der Waals surface area contributed by atoms with Crippen LogP contribution in [0.4, 0.5) is 11.4 Å². The molecule has 1 N–H and O–H groups in total. The summed E-state index contributed by atoms with van der Waals surface area (Å²) in [6.07, 6.45) is 4.65. The van der Waals surface area contributed by atoms with Crippen LogP contribution in [0.5, 0.6) is 5.75 Å². The van der Waals surface area contributed by atoms with Crippen LogP contribution in [0.3, 0.4) is 0 Å². The van der Waals surface area contributed by atoms with Gasteiger partial charge < -0.3 is 15.0 Å². The van der Waals surface area contributed by atoms with Crippen molar-refractivity contribution in [3.05, 3.63) is 54.6 Å². The van der Waals surface area contributed by atoms with Crippen LogP contribution in [0, 0.1) is 0 Å². The van der Waals surface area contributed by atoms with Crippen molar-refractivity contribution < 1.29 is 9.53 Å². The Morgan fingerprint density at radius 1 is 0.875 bits per heavy atom. The van der Waals surface area contributed by atoms with Crippen molar-refractivity contribution in [2.45, 2.75) is 25.7 Å². The Morgan fingerprint density at radius 3 is 2.17 bits per heavy atom. The fourth-order valence-corrected chi connectivity index (χ4v) is 2.88. The van der Waals surface area contributed by atoms with E-state index in [9.17, 15) is 4.79 Å². The molecule has 24 heavy (non-hydrogen) atoms. The SMILES string of the molecule is O=C(COc1ccc(Nc2ccccc2)cc1)N1CCCCCC1. The number of ether oxygens (including phenoxy) is 1. The van der Waals surface area contributed by atoms with Gasteiger partial charge in [0.2, 0.25) is 0 Å². The zero-order valence-corrected chi connectivity index (χ0v) is 13.9. The standard InChI is InChI=1S/C20H24N2O2/c23-20(22-14-6-1-2-7-15-22)16-24-19-12-10-18(11-13-19)21-17-8-4-3-5-9-17/h3-5,8-13,21H,1-2,6-7,14-16H2. The summed E-state index contributed by atoms with van der Waals surface area (Å²) >= 11 is 0. The van der Waals surface area contributed by atoms with E-state index in [1.807, 2.05) is 59.5 Å². The first kappa shape index (κ1) is 16.4. The van der Waals surface area contributed by atoms with Crippen molar-refractivity contribution in [1.82, 2.24) is 4.90 Å². The minimum atomic E-state index is 0.0865. The highest BCUT2D eigenvalue weighted by Crippen LogP contribution is 2.20. The monoisotopic (exact) mass is 324 g/mol. The van der Waals surface area contributed by atoms with Crippen LogP contribution in [0.1, 0.15) is 25.7 Å². The van der Waals surface area contributed by atoms with E-state index in [0.29, 0.717) is 0 Å². The molecule has 0 saturated carbocycles. The van der Waals surface area contributed by atoms with Crippen LogP contribution < -0.4 is 10.1 Å². The summed E-state index contributed by atoms with van der Waals surface area (Å²) in [5, 5.41) is 3.32. The predicted octanol–water partition coefficient (Wildman–Crippen LogP) is 4.21. The molecule has 3 rings (SSSR count). The molecule has 1 heterocycles. The van der Waals surface area contributed by atoms with Gasteiger partial charge in [0.05, 0.1) is 0 Å². The van der Waals surface area contributed by atoms with Gasteiger partial charge in [-0.2, -0.15) is 0 Å². The second kappa shape index (κ2) is 8.39. The molecule has 0 atom stereocenters. The summed E-state index contributed by atoms with van der Waals surface area (Å²) in [6.45, 7) is 1.84. The number of carbonyl (C=O) groups is 1. The summed E-state index contributed by atoms with van der Waals surface area (Å²) in [6, 6.07) is 17.7. The summed E-state index contributed by atoms with van der Waals surface area (Å²) in [5.74, 6) is 0.806. The molecule has 0 radical (unpaired) electrons. The molecule has 1 aliphatic heterocycles. The number of amides is 1. The third-order valence-corrected chi connectivity index (χ3v) is 4.24. The Labute approximate surface area is 143 Å². The maximum Gasteiger partial charge on any atom is 0.260 e. The highest BCUT2D eigenvalue weighted by Gasteiger charge is 2.15. The Morgan fingerprint density at radius 2 is 1.50 bits per heavy atom. The summed E-state index contributed by atoms with van der Waals surface area (Å²) in [7, 11) is 0. The van der Waals surface area contributed by atoms with Gasteiger partial charge in [0, 0.05) is 24.5 Å². The Balaban J connectivity index is 1.49. The Kier molecular flexibility index (Phi) is 5.72. The smallest absolute Gasteiger partial charge is 0.260 e. The molecule has 1 aliphatic rings. The van der Waals surface area contributed by atoms with Gasteiger partial charge in [0.1, 0.15) is 5.75 Å². The molecule has 2 aromatic rings. The average molecular weight is 324 g/mol. The van der Waals surface area contributed by atoms with Gasteiger partial charge in [-0.05, 0) is 49.2 Å². The molecule has 0 aliphatic carbocycles. The molecule has 0 aromatic heterocycles. The number of benzene rings is 2. The average Bonchev–Trinajstić information content (AvgIpc) is 2.91. The quantitative estimate of drug-likeness (QED) is 0.895. The zero-order valence-electron chi connectivity index (χ0n) is 13.9. The van der Waals surface area contributed by atoms with Gasteiger partial charge in [-0.1, -0.05) is 31.0 Å². The minimum absolute atomic E-state index is 0.0865. The molecule has 0 unspecified atom stereocenters. The second-order valence-electron chi connectivity index (χ2n) is 6.10. The lowest BCUT2D eigenvalue weighted by atomic mass is 10.2. The number of para-hydroxylation sites is 1. The molecule has 0 bridgehead atoms. The van der Waals surface area contributed by atoms with Gasteiger partial charge in [-0.15, -0.1) is 0 Å². The van der Waals surface area contributed by atoms with Crippen LogP contribution in [0.2, 0.25) is 0 Å². The number of anilines is 2. The second-order valence-corrected chi connectivity index (χ2v) is 6.10. The molecule has 2 aromatic carbocycles. The van der Waals surface area contributed by atoms with E-state index in [2.05, 4.69) is 5.32 Å². The highest BCUT2D eigenvalue weighted by molar-refractivity contribution is 5.77. The molecule has 1 fully saturated rings. The summed E-state index contributed by atoms with van der Waals surface area (Å²) in [5.41, 5.74) is 2.04. The first-order valence-electron chi connectivity index (χ1n) is 8.64. The number of nitrogens with one attached hydrogen (secondary N) is 1. The van der Waals surface area contributed by atoms with Gasteiger partial charge in [-0.25, -0.2) is 0 Å². The molecule has 4 nitrogen and oxygen atoms in total. The number of hydrogen-bond donors (Lipinski definition) is 1. The fraction of sp³-hybridized carbons (Fsp3) is 0.350. The lowest BCUT2D eigenvalue weighted by Gasteiger charge is -2.20. The van der Waals surface area contributed by atoms with Crippen LogP contribution in [0.15, 0.2) is 54.6 Å². The van der Waals surface area contributed by atoms with E-state index in [0.717, 1.165) is 43.1 Å². The molecule has 1 amide bonds. The first-order valence-corrected chi connectivity index (χ1v) is 8.64. The van der Waals surface area contributed by atoms with E-state index in [-0.39, 0.29) is 12.5 Å². The van der Waals surface area contributed by atoms with E-state index in [1.165, 1.54) is 12.8 Å². The molecule has 126 valence electrons. The van der Waals surface area contributed by atoms with Crippen molar-refractivity contribution in [3.63, 3.8) is 0 Å². The van der Waals surface area contributed by atoms with E-state index >= 15 is 0 Å². The fourth-order valence-electron chi connectivity index (χ4n) is 2.88. The van der Waals surface area contributed by atoms with Crippen molar-refractivity contribution in [2.75, 3.05) is 25.0 Å². The van der Waals surface area contributed by atoms with Crippen molar-refractivity contribution in [1.29, 1.82) is 0 Å². The first-order chi connectivity index (χ1) is 11.8. The van der Waals surface area contributed by atoms with Crippen LogP contribution in [-0.2, 0) is 4.79 Å². The Bertz CT molecular complexity index is 632. The van der Waals surface area contributed by atoms with Crippen LogP contribution in [-0.4, -0.2) is 30.5 Å². The number of carbonyl (C=O) groups excluding carboxylic acids is 1. The highest BCUT2D eigenvalue weighted by atomic mass is 16.5. The Hall–Kier alpha value is -2.49. The van der Waals surface area contributed by atoms with Gasteiger partial charge in [-0.3, -0.25) is 4.79 Å². The lowest BCUT2D eigenvalue weighted by molar-refractivity contribution is -0.133. The number of nitrogens with zero attached hydrogens (tertiary/aromatic N) is 1. The maximum absolute atomic E-state index is 12.2. The molecular formula is C20H24N2O2. The van der Waals surface area contributed by atoms with Gasteiger partial charge in [0.25, 0.3) is 5.91 Å². The third-order valence-electron chi connectivity index (χ3n) is 4.24. The lowest BCUT2D eigenvalue weighted by Crippen LogP contribution is -2.35. The zero-order chi connectivity index (χ0) is 16.6.